The maximum Gasteiger partial charge on any atom is 0.471 e. The van der Waals surface area contributed by atoms with Crippen molar-refractivity contribution in [2.75, 3.05) is 44.5 Å². The first-order valence-electron chi connectivity index (χ1n) is 11.9. The highest BCUT2D eigenvalue weighted by atomic mass is 35.5. The van der Waals surface area contributed by atoms with Crippen molar-refractivity contribution in [3.05, 3.63) is 32.8 Å². The number of ether oxygens (including phenoxy) is 2. The lowest BCUT2D eigenvalue weighted by molar-refractivity contribution is -0.384. The van der Waals surface area contributed by atoms with Gasteiger partial charge in [0.15, 0.2) is 0 Å². The minimum atomic E-state index is -5.09. The molecule has 0 spiro atoms. The van der Waals surface area contributed by atoms with Gasteiger partial charge in [-0.25, -0.2) is 0 Å². The quantitative estimate of drug-likeness (QED) is 0.113. The Morgan fingerprint density at radius 2 is 1.97 bits per heavy atom. The number of anilines is 1. The molecule has 0 N–H and O–H groups in total. The van der Waals surface area contributed by atoms with Crippen LogP contribution >= 0.6 is 11.6 Å². The number of hydrogen-bond acceptors (Lipinski definition) is 7. The van der Waals surface area contributed by atoms with Crippen molar-refractivity contribution in [2.45, 2.75) is 57.2 Å². The first kappa shape index (κ1) is 30.8. The van der Waals surface area contributed by atoms with Crippen molar-refractivity contribution in [2.24, 2.45) is 0 Å². The summed E-state index contributed by atoms with van der Waals surface area (Å²) in [5.74, 6) is -2.01. The van der Waals surface area contributed by atoms with E-state index in [-0.39, 0.29) is 48.5 Å². The van der Waals surface area contributed by atoms with Crippen LogP contribution in [-0.4, -0.2) is 75.7 Å². The highest BCUT2D eigenvalue weighted by molar-refractivity contribution is 6.76. The predicted molar refractivity (Wildman–Crippen MR) is 135 cm³/mol. The molecule has 1 unspecified atom stereocenters. The molecule has 37 heavy (non-hydrogen) atoms. The van der Waals surface area contributed by atoms with Gasteiger partial charge in [-0.1, -0.05) is 31.2 Å². The maximum absolute atomic E-state index is 13.4. The number of rotatable bonds is 12. The summed E-state index contributed by atoms with van der Waals surface area (Å²) in [6.07, 6.45) is -3.35. The molecule has 1 atom stereocenters. The van der Waals surface area contributed by atoms with Crippen LogP contribution in [0.5, 0.6) is 0 Å². The van der Waals surface area contributed by atoms with Crippen molar-refractivity contribution >= 4 is 37.0 Å². The van der Waals surface area contributed by atoms with Gasteiger partial charge < -0.3 is 19.3 Å². The molecule has 1 saturated heterocycles. The van der Waals surface area contributed by atoms with Crippen LogP contribution in [0.25, 0.3) is 0 Å². The monoisotopic (exact) mass is 564 g/mol. The van der Waals surface area contributed by atoms with E-state index in [4.69, 9.17) is 21.1 Å². The van der Waals surface area contributed by atoms with Crippen molar-refractivity contribution in [3.8, 4) is 6.07 Å². The molecule has 0 saturated carbocycles. The second kappa shape index (κ2) is 13.4. The number of nitro benzene ring substituents is 1. The molecule has 0 bridgehead atoms. The molecule has 0 aromatic heterocycles. The fourth-order valence-electron chi connectivity index (χ4n) is 3.96. The molecular weight excluding hydrogens is 533 g/mol. The van der Waals surface area contributed by atoms with Gasteiger partial charge in [-0.15, -0.1) is 0 Å². The van der Waals surface area contributed by atoms with Crippen molar-refractivity contribution in [1.82, 2.24) is 4.90 Å². The van der Waals surface area contributed by atoms with Gasteiger partial charge in [0, 0.05) is 46.4 Å². The van der Waals surface area contributed by atoms with Crippen LogP contribution in [0.4, 0.5) is 24.5 Å². The van der Waals surface area contributed by atoms with Gasteiger partial charge >= 0.3 is 12.1 Å². The molecule has 1 aliphatic heterocycles. The average Bonchev–Trinajstić information content (AvgIpc) is 2.80. The van der Waals surface area contributed by atoms with Crippen LogP contribution in [-0.2, 0) is 14.3 Å². The average molecular weight is 565 g/mol. The van der Waals surface area contributed by atoms with Crippen molar-refractivity contribution < 1.29 is 32.4 Å². The minimum Gasteiger partial charge on any atom is -0.361 e. The first-order valence-corrected chi connectivity index (χ1v) is 16.0. The van der Waals surface area contributed by atoms with Crippen LogP contribution in [0.15, 0.2) is 12.1 Å². The fraction of sp³-hybridized carbons (Fsp3) is 0.652. The SMILES string of the molecule is C[Si](C)(C)CCOCOCCN(CC1CCCCN1c1cc(Cl)c(C#N)cc1[N+](=O)[O-])C(=O)C(F)(F)F. The van der Waals surface area contributed by atoms with E-state index in [0.29, 0.717) is 37.3 Å². The van der Waals surface area contributed by atoms with E-state index >= 15 is 0 Å². The van der Waals surface area contributed by atoms with E-state index in [1.807, 2.05) is 0 Å². The second-order valence-corrected chi connectivity index (χ2v) is 16.1. The largest absolute Gasteiger partial charge is 0.471 e. The van der Waals surface area contributed by atoms with Crippen molar-refractivity contribution in [1.29, 1.82) is 5.26 Å². The van der Waals surface area contributed by atoms with E-state index < -0.39 is 31.1 Å². The molecule has 1 amide bonds. The summed E-state index contributed by atoms with van der Waals surface area (Å²) in [5, 5.41) is 20.9. The minimum absolute atomic E-state index is 0.00169. The number of carbonyl (C=O) groups excluding carboxylic acids is 1. The molecule has 0 aliphatic carbocycles. The molecule has 1 heterocycles. The number of nitro groups is 1. The topological polar surface area (TPSA) is 109 Å². The predicted octanol–water partition coefficient (Wildman–Crippen LogP) is 5.20. The molecule has 206 valence electrons. The lowest BCUT2D eigenvalue weighted by atomic mass is 9.99. The standard InChI is InChI=1S/C23H32ClF3N4O5Si/c1-37(2,3)11-10-36-16-35-9-8-29(22(32)23(25,26)27)15-18-6-4-5-7-30(18)20-13-19(24)17(14-28)12-21(20)31(33)34/h12-13,18H,4-11,15-16H2,1-3H3. The van der Waals surface area contributed by atoms with Gasteiger partial charge in [-0.2, -0.15) is 18.4 Å². The Morgan fingerprint density at radius 3 is 2.57 bits per heavy atom. The Hall–Kier alpha value is -2.40. The zero-order valence-electron chi connectivity index (χ0n) is 21.1. The third kappa shape index (κ3) is 9.44. The van der Waals surface area contributed by atoms with E-state index in [9.17, 15) is 33.3 Å². The summed E-state index contributed by atoms with van der Waals surface area (Å²) < 4.78 is 50.8. The van der Waals surface area contributed by atoms with Crippen LogP contribution < -0.4 is 4.90 Å². The normalized spacial score (nSPS) is 16.4. The second-order valence-electron chi connectivity index (χ2n) is 10.0. The third-order valence-electron chi connectivity index (χ3n) is 5.95. The van der Waals surface area contributed by atoms with Gasteiger partial charge in [-0.3, -0.25) is 14.9 Å². The van der Waals surface area contributed by atoms with E-state index in [1.54, 1.807) is 11.0 Å². The number of benzene rings is 1. The molecule has 9 nitrogen and oxygen atoms in total. The number of nitrogens with zero attached hydrogens (tertiary/aromatic N) is 4. The summed E-state index contributed by atoms with van der Waals surface area (Å²) in [6, 6.07) is 4.41. The van der Waals surface area contributed by atoms with Gasteiger partial charge in [0.1, 0.15) is 18.5 Å². The fourth-order valence-corrected chi connectivity index (χ4v) is 4.92. The summed E-state index contributed by atoms with van der Waals surface area (Å²) >= 11 is 6.12. The van der Waals surface area contributed by atoms with Crippen LogP contribution in [0.2, 0.25) is 30.7 Å². The summed E-state index contributed by atoms with van der Waals surface area (Å²) in [7, 11) is -1.29. The molecular formula is C23H32ClF3N4O5Si. The number of amides is 1. The van der Waals surface area contributed by atoms with Gasteiger partial charge in [0.2, 0.25) is 0 Å². The van der Waals surface area contributed by atoms with Gasteiger partial charge in [-0.05, 0) is 31.4 Å². The summed E-state index contributed by atoms with van der Waals surface area (Å²) in [6.45, 7) is 6.48. The Bertz CT molecular complexity index is 1000. The number of carbonyl (C=O) groups is 1. The van der Waals surface area contributed by atoms with Crippen molar-refractivity contribution in [3.63, 3.8) is 0 Å². The first-order chi connectivity index (χ1) is 17.2. The molecule has 1 fully saturated rings. The van der Waals surface area contributed by atoms with Gasteiger partial charge in [0.05, 0.1) is 22.1 Å². The molecule has 2 rings (SSSR count). The van der Waals surface area contributed by atoms with E-state index in [0.717, 1.165) is 12.1 Å². The number of piperidine rings is 1. The third-order valence-corrected chi connectivity index (χ3v) is 7.96. The number of nitriles is 1. The zero-order valence-corrected chi connectivity index (χ0v) is 22.9. The van der Waals surface area contributed by atoms with E-state index in [1.165, 1.54) is 6.07 Å². The Morgan fingerprint density at radius 1 is 1.30 bits per heavy atom. The van der Waals surface area contributed by atoms with Crippen LogP contribution in [0, 0.1) is 21.4 Å². The highest BCUT2D eigenvalue weighted by Crippen LogP contribution is 2.37. The molecule has 14 heteroatoms. The van der Waals surface area contributed by atoms with E-state index in [2.05, 4.69) is 19.6 Å². The Kier molecular flexibility index (Phi) is 11.2. The highest BCUT2D eigenvalue weighted by Gasteiger charge is 2.43. The molecule has 0 radical (unpaired) electrons. The zero-order chi connectivity index (χ0) is 27.8. The lowest BCUT2D eigenvalue weighted by Gasteiger charge is -2.40. The van der Waals surface area contributed by atoms with Crippen LogP contribution in [0.3, 0.4) is 0 Å². The lowest BCUT2D eigenvalue weighted by Crippen LogP contribution is -2.52. The maximum atomic E-state index is 13.4. The number of hydrogen-bond donors (Lipinski definition) is 0. The molecule has 1 aliphatic rings. The number of halogens is 4. The van der Waals surface area contributed by atoms with Crippen LogP contribution in [0.1, 0.15) is 24.8 Å². The molecule has 1 aromatic carbocycles. The Balaban J connectivity index is 2.17. The molecule has 1 aromatic rings. The number of alkyl halides is 3. The summed E-state index contributed by atoms with van der Waals surface area (Å²) in [5.41, 5.74) is -0.353. The summed E-state index contributed by atoms with van der Waals surface area (Å²) in [4.78, 5) is 25.5. The smallest absolute Gasteiger partial charge is 0.361 e. The van der Waals surface area contributed by atoms with Gasteiger partial charge in [0.25, 0.3) is 5.69 Å². The Labute approximate surface area is 220 Å².